The molecule has 0 saturated heterocycles. The smallest absolute Gasteiger partial charge is 0.264 e. The molecule has 0 heterocycles. The molecule has 1 atom stereocenters. The van der Waals surface area contributed by atoms with Crippen LogP contribution in [-0.4, -0.2) is 35.1 Å². The van der Waals surface area contributed by atoms with Crippen molar-refractivity contribution < 1.29 is 27.1 Å². The van der Waals surface area contributed by atoms with E-state index >= 15 is 0 Å². The molecule has 3 aromatic rings. The predicted octanol–water partition coefficient (Wildman–Crippen LogP) is 5.58. The van der Waals surface area contributed by atoms with Crippen molar-refractivity contribution in [1.82, 2.24) is 5.32 Å². The Balaban J connectivity index is 2.00. The number of ether oxygens (including phenoxy) is 2. The lowest BCUT2D eigenvalue weighted by atomic mass is 9.97. The first-order chi connectivity index (χ1) is 17.5. The SMILES string of the molecule is CCC(NC(=O)CN(c1ccc(F)c(Cl)c1)S(=O)(=O)c1ccc(OC)c(OC)c1)c1ccc(C)cc1C. The van der Waals surface area contributed by atoms with Gasteiger partial charge in [-0.1, -0.05) is 42.3 Å². The molecule has 0 bridgehead atoms. The molecule has 1 N–H and O–H groups in total. The minimum absolute atomic E-state index is 0.0379. The van der Waals surface area contributed by atoms with Gasteiger partial charge in [0.25, 0.3) is 10.0 Å². The van der Waals surface area contributed by atoms with E-state index in [1.807, 2.05) is 39.0 Å². The lowest BCUT2D eigenvalue weighted by molar-refractivity contribution is -0.120. The number of carbonyl (C=O) groups is 1. The maximum Gasteiger partial charge on any atom is 0.264 e. The standard InChI is InChI=1S/C27H30ClFN2O5S/c1-6-24(21-10-7-17(2)13-18(21)3)30-27(32)16-31(19-8-11-23(29)22(28)14-19)37(33,34)20-9-12-25(35-4)26(15-20)36-5/h7-15,24H,6,16H2,1-5H3,(H,30,32). The Morgan fingerprint density at radius 1 is 1.03 bits per heavy atom. The highest BCUT2D eigenvalue weighted by atomic mass is 35.5. The number of hydrogen-bond donors (Lipinski definition) is 1. The van der Waals surface area contributed by atoms with Crippen LogP contribution >= 0.6 is 11.6 Å². The molecule has 198 valence electrons. The maximum atomic E-state index is 13.9. The largest absolute Gasteiger partial charge is 0.493 e. The number of anilines is 1. The molecule has 0 saturated carbocycles. The van der Waals surface area contributed by atoms with Crippen molar-refractivity contribution in [2.75, 3.05) is 25.1 Å². The van der Waals surface area contributed by atoms with Gasteiger partial charge < -0.3 is 14.8 Å². The Morgan fingerprint density at radius 3 is 2.32 bits per heavy atom. The van der Waals surface area contributed by atoms with Crippen molar-refractivity contribution in [3.8, 4) is 11.5 Å². The molecular weight excluding hydrogens is 519 g/mol. The van der Waals surface area contributed by atoms with Crippen molar-refractivity contribution in [3.63, 3.8) is 0 Å². The minimum atomic E-state index is -4.30. The Kier molecular flexibility index (Phi) is 9.04. The van der Waals surface area contributed by atoms with Crippen LogP contribution in [0.4, 0.5) is 10.1 Å². The molecule has 1 unspecified atom stereocenters. The lowest BCUT2D eigenvalue weighted by Gasteiger charge is -2.26. The van der Waals surface area contributed by atoms with Gasteiger partial charge in [-0.2, -0.15) is 0 Å². The van der Waals surface area contributed by atoms with E-state index in [4.69, 9.17) is 21.1 Å². The van der Waals surface area contributed by atoms with E-state index in [1.165, 1.54) is 44.6 Å². The van der Waals surface area contributed by atoms with Crippen LogP contribution in [0.5, 0.6) is 11.5 Å². The van der Waals surface area contributed by atoms with Crippen molar-refractivity contribution in [2.45, 2.75) is 38.1 Å². The third-order valence-electron chi connectivity index (χ3n) is 5.97. The Labute approximate surface area is 222 Å². The van der Waals surface area contributed by atoms with Gasteiger partial charge in [0.2, 0.25) is 5.91 Å². The average Bonchev–Trinajstić information content (AvgIpc) is 2.87. The third-order valence-corrected chi connectivity index (χ3v) is 8.03. The van der Waals surface area contributed by atoms with Gasteiger partial charge in [-0.15, -0.1) is 0 Å². The van der Waals surface area contributed by atoms with Crippen molar-refractivity contribution >= 4 is 33.2 Å². The Morgan fingerprint density at radius 2 is 1.73 bits per heavy atom. The van der Waals surface area contributed by atoms with E-state index in [1.54, 1.807) is 0 Å². The summed E-state index contributed by atoms with van der Waals surface area (Å²) >= 11 is 5.96. The number of amides is 1. The van der Waals surface area contributed by atoms with Gasteiger partial charge in [0, 0.05) is 6.07 Å². The van der Waals surface area contributed by atoms with E-state index in [0.717, 1.165) is 27.1 Å². The number of methoxy groups -OCH3 is 2. The summed E-state index contributed by atoms with van der Waals surface area (Å²) in [5.74, 6) is -0.698. The second-order valence-electron chi connectivity index (χ2n) is 8.52. The second kappa shape index (κ2) is 11.8. The van der Waals surface area contributed by atoms with Crippen molar-refractivity contribution in [2.24, 2.45) is 0 Å². The van der Waals surface area contributed by atoms with Gasteiger partial charge >= 0.3 is 0 Å². The summed E-state index contributed by atoms with van der Waals surface area (Å²) in [5, 5.41) is 2.67. The molecule has 0 spiro atoms. The van der Waals surface area contributed by atoms with Gasteiger partial charge in [-0.3, -0.25) is 9.10 Å². The predicted molar refractivity (Wildman–Crippen MR) is 143 cm³/mol. The van der Waals surface area contributed by atoms with Gasteiger partial charge in [0.1, 0.15) is 12.4 Å². The van der Waals surface area contributed by atoms with E-state index < -0.39 is 28.3 Å². The summed E-state index contributed by atoms with van der Waals surface area (Å²) in [7, 11) is -1.48. The fourth-order valence-corrected chi connectivity index (χ4v) is 5.65. The number of hydrogen-bond acceptors (Lipinski definition) is 5. The van der Waals surface area contributed by atoms with Crippen LogP contribution in [-0.2, 0) is 14.8 Å². The second-order valence-corrected chi connectivity index (χ2v) is 10.8. The van der Waals surface area contributed by atoms with E-state index in [0.29, 0.717) is 12.2 Å². The fraction of sp³-hybridized carbons (Fsp3) is 0.296. The van der Waals surface area contributed by atoms with Crippen LogP contribution in [0, 0.1) is 19.7 Å². The van der Waals surface area contributed by atoms with Crippen LogP contribution in [0.2, 0.25) is 5.02 Å². The highest BCUT2D eigenvalue weighted by molar-refractivity contribution is 7.92. The van der Waals surface area contributed by atoms with Gasteiger partial charge in [-0.25, -0.2) is 12.8 Å². The molecule has 0 aliphatic carbocycles. The monoisotopic (exact) mass is 548 g/mol. The summed E-state index contributed by atoms with van der Waals surface area (Å²) in [6.45, 7) is 5.33. The van der Waals surface area contributed by atoms with Gasteiger partial charge in [0.05, 0.1) is 35.9 Å². The van der Waals surface area contributed by atoms with E-state index in [9.17, 15) is 17.6 Å². The number of halogens is 2. The number of aryl methyl sites for hydroxylation is 2. The molecule has 10 heteroatoms. The molecule has 1 amide bonds. The molecule has 37 heavy (non-hydrogen) atoms. The highest BCUT2D eigenvalue weighted by Crippen LogP contribution is 2.33. The maximum absolute atomic E-state index is 13.9. The average molecular weight is 549 g/mol. The van der Waals surface area contributed by atoms with Crippen molar-refractivity contribution in [1.29, 1.82) is 0 Å². The molecule has 3 aromatic carbocycles. The Hall–Kier alpha value is -3.30. The molecule has 0 fully saturated rings. The Bertz CT molecular complexity index is 1400. The van der Waals surface area contributed by atoms with Crippen LogP contribution in [0.25, 0.3) is 0 Å². The number of nitrogens with one attached hydrogen (secondary N) is 1. The lowest BCUT2D eigenvalue weighted by Crippen LogP contribution is -2.42. The molecule has 0 aliphatic heterocycles. The zero-order valence-corrected chi connectivity index (χ0v) is 22.9. The molecule has 0 radical (unpaired) electrons. The topological polar surface area (TPSA) is 84.9 Å². The summed E-state index contributed by atoms with van der Waals surface area (Å²) in [5.41, 5.74) is 3.10. The van der Waals surface area contributed by atoms with Crippen LogP contribution in [0.3, 0.4) is 0 Å². The third kappa shape index (κ3) is 6.34. The number of benzene rings is 3. The first-order valence-corrected chi connectivity index (χ1v) is 13.4. The summed E-state index contributed by atoms with van der Waals surface area (Å²) in [6, 6.07) is 13.2. The number of sulfonamides is 1. The molecule has 7 nitrogen and oxygen atoms in total. The fourth-order valence-electron chi connectivity index (χ4n) is 4.05. The summed E-state index contributed by atoms with van der Waals surface area (Å²) in [4.78, 5) is 13.1. The molecule has 3 rings (SSSR count). The van der Waals surface area contributed by atoms with Crippen molar-refractivity contribution in [3.05, 3.63) is 82.1 Å². The van der Waals surface area contributed by atoms with E-state index in [2.05, 4.69) is 5.32 Å². The summed E-state index contributed by atoms with van der Waals surface area (Å²) < 4.78 is 52.8. The number of nitrogens with zero attached hydrogens (tertiary/aromatic N) is 1. The zero-order valence-electron chi connectivity index (χ0n) is 21.3. The first-order valence-electron chi connectivity index (χ1n) is 11.6. The quantitative estimate of drug-likeness (QED) is 0.358. The van der Waals surface area contributed by atoms with Crippen LogP contribution in [0.1, 0.15) is 36.1 Å². The van der Waals surface area contributed by atoms with Crippen LogP contribution < -0.4 is 19.1 Å². The zero-order chi connectivity index (χ0) is 27.3. The molecule has 0 aromatic heterocycles. The molecule has 0 aliphatic rings. The summed E-state index contributed by atoms with van der Waals surface area (Å²) in [6.07, 6.45) is 0.598. The van der Waals surface area contributed by atoms with Crippen LogP contribution in [0.15, 0.2) is 59.5 Å². The van der Waals surface area contributed by atoms with Gasteiger partial charge in [-0.05, 0) is 61.7 Å². The number of carbonyl (C=O) groups excluding carboxylic acids is 1. The minimum Gasteiger partial charge on any atom is -0.493 e. The normalized spacial score (nSPS) is 12.1. The van der Waals surface area contributed by atoms with Gasteiger partial charge in [0.15, 0.2) is 11.5 Å². The number of rotatable bonds is 10. The molecular formula is C27H30ClFN2O5S. The first kappa shape index (κ1) is 28.3. The van der Waals surface area contributed by atoms with E-state index in [-0.39, 0.29) is 27.4 Å². The highest BCUT2D eigenvalue weighted by Gasteiger charge is 2.29.